The fourth-order valence-electron chi connectivity index (χ4n) is 2.46. The molecule has 0 aliphatic rings. The van der Waals surface area contributed by atoms with Gasteiger partial charge in [-0.1, -0.05) is 61.3 Å². The van der Waals surface area contributed by atoms with Crippen molar-refractivity contribution < 1.29 is 5.11 Å². The monoisotopic (exact) mass is 334 g/mol. The lowest BCUT2D eigenvalue weighted by atomic mass is 9.96. The Hall–Kier alpha value is -1.44. The molecule has 2 aromatic carbocycles. The van der Waals surface area contributed by atoms with Gasteiger partial charge in [0.1, 0.15) is 5.75 Å². The second-order valence-electron chi connectivity index (χ2n) is 5.69. The molecule has 0 fully saturated rings. The first kappa shape index (κ1) is 16.9. The summed E-state index contributed by atoms with van der Waals surface area (Å²) >= 11 is 12.8. The summed E-state index contributed by atoms with van der Waals surface area (Å²) in [5.74, 6) is 0.599. The predicted octanol–water partition coefficient (Wildman–Crippen LogP) is 6.45. The Balaban J connectivity index is 2.37. The smallest absolute Gasteiger partial charge is 0.119 e. The van der Waals surface area contributed by atoms with E-state index in [9.17, 15) is 5.11 Å². The minimum absolute atomic E-state index is 0.267. The van der Waals surface area contributed by atoms with Gasteiger partial charge in [0.25, 0.3) is 0 Å². The third-order valence-corrected chi connectivity index (χ3v) is 4.29. The highest BCUT2D eigenvalue weighted by Crippen LogP contribution is 2.32. The summed E-state index contributed by atoms with van der Waals surface area (Å²) in [7, 11) is 0. The van der Waals surface area contributed by atoms with E-state index in [1.165, 1.54) is 0 Å². The summed E-state index contributed by atoms with van der Waals surface area (Å²) in [5, 5.41) is 11.2. The second-order valence-corrected chi connectivity index (χ2v) is 6.50. The molecule has 0 saturated heterocycles. The molecular formula is C19H20Cl2O. The van der Waals surface area contributed by atoms with Gasteiger partial charge in [-0.3, -0.25) is 0 Å². The zero-order valence-corrected chi connectivity index (χ0v) is 14.5. The van der Waals surface area contributed by atoms with E-state index in [1.54, 1.807) is 6.07 Å². The van der Waals surface area contributed by atoms with Crippen molar-refractivity contribution in [1.29, 1.82) is 0 Å². The number of hydrogen-bond acceptors (Lipinski definition) is 1. The molecule has 1 N–H and O–H groups in total. The Morgan fingerprint density at radius 3 is 2.27 bits per heavy atom. The summed E-state index contributed by atoms with van der Waals surface area (Å²) in [6, 6.07) is 9.51. The molecule has 0 spiro atoms. The predicted molar refractivity (Wildman–Crippen MR) is 96.2 cm³/mol. The third-order valence-electron chi connectivity index (χ3n) is 3.62. The van der Waals surface area contributed by atoms with E-state index in [-0.39, 0.29) is 5.92 Å². The zero-order valence-electron chi connectivity index (χ0n) is 13.0. The van der Waals surface area contributed by atoms with Crippen LogP contribution in [0, 0.1) is 0 Å². The molecule has 116 valence electrons. The Bertz CT molecular complexity index is 680. The van der Waals surface area contributed by atoms with Gasteiger partial charge in [0.2, 0.25) is 0 Å². The zero-order chi connectivity index (χ0) is 16.3. The summed E-state index contributed by atoms with van der Waals surface area (Å²) in [4.78, 5) is 0. The number of rotatable bonds is 4. The van der Waals surface area contributed by atoms with Crippen molar-refractivity contribution >= 4 is 29.3 Å². The van der Waals surface area contributed by atoms with Crippen LogP contribution in [0.1, 0.15) is 48.9 Å². The molecule has 0 aliphatic heterocycles. The SMILES string of the molecule is C/C=C/c1cc(Cl)c(Cc2ccc(O)c(C(C)C)c2)c(Cl)c1. The molecule has 0 amide bonds. The largest absolute Gasteiger partial charge is 0.508 e. The highest BCUT2D eigenvalue weighted by molar-refractivity contribution is 6.36. The van der Waals surface area contributed by atoms with Gasteiger partial charge in [-0.15, -0.1) is 0 Å². The average molecular weight is 335 g/mol. The average Bonchev–Trinajstić information content (AvgIpc) is 2.44. The standard InChI is InChI=1S/C19H20Cl2O/c1-4-5-13-10-17(20)16(18(21)11-13)9-14-6-7-19(22)15(8-14)12(2)3/h4-8,10-12,22H,9H2,1-3H3/b5-4+. The maximum absolute atomic E-state index is 9.92. The van der Waals surface area contributed by atoms with Crippen LogP contribution in [0.2, 0.25) is 10.0 Å². The molecule has 3 heteroatoms. The molecule has 0 radical (unpaired) electrons. The lowest BCUT2D eigenvalue weighted by Crippen LogP contribution is -1.95. The first-order valence-electron chi connectivity index (χ1n) is 7.34. The van der Waals surface area contributed by atoms with Crippen LogP contribution in [0.3, 0.4) is 0 Å². The van der Waals surface area contributed by atoms with Gasteiger partial charge in [0.15, 0.2) is 0 Å². The van der Waals surface area contributed by atoms with Crippen molar-refractivity contribution in [3.05, 3.63) is 68.7 Å². The molecule has 2 aromatic rings. The number of aromatic hydroxyl groups is 1. The number of hydrogen-bond donors (Lipinski definition) is 1. The summed E-state index contributed by atoms with van der Waals surface area (Å²) in [5.41, 5.74) is 3.94. The Morgan fingerprint density at radius 2 is 1.73 bits per heavy atom. The van der Waals surface area contributed by atoms with Crippen molar-refractivity contribution in [2.24, 2.45) is 0 Å². The maximum Gasteiger partial charge on any atom is 0.119 e. The molecule has 2 rings (SSSR count). The van der Waals surface area contributed by atoms with Gasteiger partial charge in [-0.25, -0.2) is 0 Å². The van der Waals surface area contributed by atoms with Crippen LogP contribution in [0.5, 0.6) is 5.75 Å². The van der Waals surface area contributed by atoms with Crippen LogP contribution < -0.4 is 0 Å². The van der Waals surface area contributed by atoms with Gasteiger partial charge >= 0.3 is 0 Å². The Kier molecular flexibility index (Phi) is 5.55. The van der Waals surface area contributed by atoms with Crippen LogP contribution in [0.15, 0.2) is 36.4 Å². The van der Waals surface area contributed by atoms with E-state index in [2.05, 4.69) is 13.8 Å². The highest BCUT2D eigenvalue weighted by atomic mass is 35.5. The van der Waals surface area contributed by atoms with Gasteiger partial charge in [-0.2, -0.15) is 0 Å². The normalized spacial score (nSPS) is 11.5. The van der Waals surface area contributed by atoms with Crippen LogP contribution in [0.4, 0.5) is 0 Å². The fourth-order valence-corrected chi connectivity index (χ4v) is 3.10. The molecule has 0 saturated carbocycles. The molecular weight excluding hydrogens is 315 g/mol. The Labute approximate surface area is 142 Å². The third kappa shape index (κ3) is 3.85. The summed E-state index contributed by atoms with van der Waals surface area (Å²) < 4.78 is 0. The Morgan fingerprint density at radius 1 is 1.09 bits per heavy atom. The lowest BCUT2D eigenvalue weighted by molar-refractivity contribution is 0.464. The van der Waals surface area contributed by atoms with E-state index in [1.807, 2.05) is 43.3 Å². The first-order valence-corrected chi connectivity index (χ1v) is 8.10. The van der Waals surface area contributed by atoms with E-state index in [4.69, 9.17) is 23.2 Å². The first-order chi connectivity index (χ1) is 10.4. The van der Waals surface area contributed by atoms with Crippen LogP contribution in [-0.2, 0) is 6.42 Å². The molecule has 0 aromatic heterocycles. The van der Waals surface area contributed by atoms with E-state index < -0.39 is 0 Å². The lowest BCUT2D eigenvalue weighted by Gasteiger charge is -2.13. The summed E-state index contributed by atoms with van der Waals surface area (Å²) in [6.07, 6.45) is 4.57. The number of halogens is 2. The van der Waals surface area contributed by atoms with E-state index >= 15 is 0 Å². The fraction of sp³-hybridized carbons (Fsp3) is 0.263. The molecule has 0 unspecified atom stereocenters. The van der Waals surface area contributed by atoms with Gasteiger partial charge in [0.05, 0.1) is 0 Å². The van der Waals surface area contributed by atoms with Crippen molar-refractivity contribution in [3.63, 3.8) is 0 Å². The number of allylic oxidation sites excluding steroid dienone is 1. The van der Waals surface area contributed by atoms with Gasteiger partial charge in [0, 0.05) is 16.5 Å². The number of benzene rings is 2. The second kappa shape index (κ2) is 7.21. The van der Waals surface area contributed by atoms with E-state index in [0.29, 0.717) is 22.2 Å². The van der Waals surface area contributed by atoms with Gasteiger partial charge < -0.3 is 5.11 Å². The van der Waals surface area contributed by atoms with Crippen molar-refractivity contribution in [2.45, 2.75) is 33.1 Å². The highest BCUT2D eigenvalue weighted by Gasteiger charge is 2.11. The molecule has 22 heavy (non-hydrogen) atoms. The van der Waals surface area contributed by atoms with Crippen LogP contribution in [-0.4, -0.2) is 5.11 Å². The summed E-state index contributed by atoms with van der Waals surface area (Å²) in [6.45, 7) is 6.08. The molecule has 0 atom stereocenters. The van der Waals surface area contributed by atoms with Gasteiger partial charge in [-0.05, 0) is 53.3 Å². The number of phenols is 1. The molecule has 1 nitrogen and oxygen atoms in total. The van der Waals surface area contributed by atoms with Crippen LogP contribution >= 0.6 is 23.2 Å². The minimum Gasteiger partial charge on any atom is -0.508 e. The molecule has 0 heterocycles. The van der Waals surface area contributed by atoms with Crippen molar-refractivity contribution in [1.82, 2.24) is 0 Å². The van der Waals surface area contributed by atoms with Crippen molar-refractivity contribution in [2.75, 3.05) is 0 Å². The molecule has 0 bridgehead atoms. The quantitative estimate of drug-likeness (QED) is 0.681. The topological polar surface area (TPSA) is 20.2 Å². The minimum atomic E-state index is 0.267. The number of phenolic OH excluding ortho intramolecular Hbond substituents is 1. The van der Waals surface area contributed by atoms with E-state index in [0.717, 1.165) is 22.3 Å². The van der Waals surface area contributed by atoms with Crippen LogP contribution in [0.25, 0.3) is 6.08 Å². The van der Waals surface area contributed by atoms with Crippen molar-refractivity contribution in [3.8, 4) is 5.75 Å². The maximum atomic E-state index is 9.92. The molecule has 0 aliphatic carbocycles.